The molecule has 0 radical (unpaired) electrons. The molecule has 2 aromatic heterocycles. The Balaban J connectivity index is 1.66. The van der Waals surface area contributed by atoms with Crippen molar-refractivity contribution in [3.63, 3.8) is 0 Å². The minimum absolute atomic E-state index is 0.229. The summed E-state index contributed by atoms with van der Waals surface area (Å²) in [5.74, 6) is 0.205. The Morgan fingerprint density at radius 3 is 2.44 bits per heavy atom. The van der Waals surface area contributed by atoms with Gasteiger partial charge in [0.2, 0.25) is 0 Å². The summed E-state index contributed by atoms with van der Waals surface area (Å²) in [6, 6.07) is 12.9. The summed E-state index contributed by atoms with van der Waals surface area (Å²) in [4.78, 5) is 31.7. The lowest BCUT2D eigenvalue weighted by atomic mass is 9.97. The summed E-state index contributed by atoms with van der Waals surface area (Å²) in [6.45, 7) is 8.55. The van der Waals surface area contributed by atoms with Crippen LogP contribution in [0.25, 0.3) is 11.8 Å². The number of esters is 1. The first kappa shape index (κ1) is 28.1. The Hall–Kier alpha value is -4.44. The molecule has 0 amide bonds. The zero-order chi connectivity index (χ0) is 29.3. The number of nitrogens with zero attached hydrogens (tertiary/aromatic N) is 3. The van der Waals surface area contributed by atoms with Crippen molar-refractivity contribution in [2.75, 3.05) is 20.3 Å². The second-order valence-electron chi connectivity index (χ2n) is 9.39. The number of thiazole rings is 1. The molecule has 212 valence electrons. The van der Waals surface area contributed by atoms with Gasteiger partial charge in [0.25, 0.3) is 5.56 Å². The zero-order valence-electron chi connectivity index (χ0n) is 23.4. The summed E-state index contributed by atoms with van der Waals surface area (Å²) in [6.07, 6.45) is 3.29. The minimum Gasteiger partial charge on any atom is -0.490 e. The maximum absolute atomic E-state index is 13.9. The van der Waals surface area contributed by atoms with E-state index in [2.05, 4.69) is 4.99 Å². The number of aromatic nitrogens is 2. The molecule has 1 aliphatic heterocycles. The van der Waals surface area contributed by atoms with Crippen molar-refractivity contribution < 1.29 is 23.4 Å². The standard InChI is InChI=1S/C31H30FN3O5S/c1-6-39-25-13-8-20(15-26(25)40-7-2)28-24(30(37)38-5)17-33-31-35(28)29(36)27(41-31)16-21-14-18(3)34(19(21)4)23-11-9-22(32)10-12-23/h8-17,28H,6-7H2,1-5H3/b27-16+/t28-/m0/s1. The van der Waals surface area contributed by atoms with Crippen molar-refractivity contribution in [3.05, 3.63) is 108 Å². The molecular formula is C31H30FN3O5S. The van der Waals surface area contributed by atoms with Crippen LogP contribution >= 0.6 is 11.3 Å². The molecule has 3 heterocycles. The number of ether oxygens (including phenoxy) is 3. The Labute approximate surface area is 240 Å². The molecule has 0 saturated carbocycles. The number of methoxy groups -OCH3 is 1. The molecule has 10 heteroatoms. The SMILES string of the molecule is CCOc1ccc([C@H]2C(C(=O)OC)=CN=c3s/c(=C/c4cc(C)n(-c5ccc(F)cc5)c4C)c(=O)n32)cc1OCC. The van der Waals surface area contributed by atoms with E-state index in [4.69, 9.17) is 14.2 Å². The highest BCUT2D eigenvalue weighted by atomic mass is 32.1. The smallest absolute Gasteiger partial charge is 0.337 e. The summed E-state index contributed by atoms with van der Waals surface area (Å²) in [5, 5.41) is 0. The Kier molecular flexibility index (Phi) is 7.94. The number of hydrogen-bond donors (Lipinski definition) is 0. The van der Waals surface area contributed by atoms with Crippen LogP contribution in [0.5, 0.6) is 11.5 Å². The maximum atomic E-state index is 13.9. The third-order valence-electron chi connectivity index (χ3n) is 6.85. The van der Waals surface area contributed by atoms with E-state index in [-0.39, 0.29) is 16.9 Å². The van der Waals surface area contributed by atoms with Crippen LogP contribution in [0.3, 0.4) is 0 Å². The molecule has 1 aliphatic rings. The molecule has 0 N–H and O–H groups in total. The first-order chi connectivity index (χ1) is 19.8. The zero-order valence-corrected chi connectivity index (χ0v) is 24.3. The van der Waals surface area contributed by atoms with Gasteiger partial charge in [-0.1, -0.05) is 17.4 Å². The van der Waals surface area contributed by atoms with Crippen molar-refractivity contribution in [1.82, 2.24) is 9.13 Å². The van der Waals surface area contributed by atoms with Gasteiger partial charge in [0.15, 0.2) is 16.3 Å². The van der Waals surface area contributed by atoms with Gasteiger partial charge in [-0.25, -0.2) is 14.2 Å². The number of halogens is 1. The van der Waals surface area contributed by atoms with Gasteiger partial charge in [-0.15, -0.1) is 0 Å². The molecule has 0 bridgehead atoms. The lowest BCUT2D eigenvalue weighted by Crippen LogP contribution is -2.39. The van der Waals surface area contributed by atoms with E-state index in [0.717, 1.165) is 22.6 Å². The van der Waals surface area contributed by atoms with Crippen molar-refractivity contribution in [1.29, 1.82) is 0 Å². The number of rotatable bonds is 8. The predicted octanol–water partition coefficient (Wildman–Crippen LogP) is 4.36. The molecule has 4 aromatic rings. The lowest BCUT2D eigenvalue weighted by molar-refractivity contribution is -0.136. The fraction of sp³-hybridized carbons (Fsp3) is 0.258. The lowest BCUT2D eigenvalue weighted by Gasteiger charge is -2.23. The van der Waals surface area contributed by atoms with Gasteiger partial charge in [0.1, 0.15) is 5.82 Å². The average Bonchev–Trinajstić information content (AvgIpc) is 3.43. The number of carbonyl (C=O) groups excluding carboxylic acids is 1. The molecule has 8 nitrogen and oxygen atoms in total. The predicted molar refractivity (Wildman–Crippen MR) is 155 cm³/mol. The van der Waals surface area contributed by atoms with Crippen molar-refractivity contribution in [3.8, 4) is 17.2 Å². The van der Waals surface area contributed by atoms with Crippen molar-refractivity contribution in [2.45, 2.75) is 33.7 Å². The first-order valence-electron chi connectivity index (χ1n) is 13.2. The summed E-state index contributed by atoms with van der Waals surface area (Å²) < 4.78 is 34.1. The van der Waals surface area contributed by atoms with E-state index < -0.39 is 12.0 Å². The largest absolute Gasteiger partial charge is 0.490 e. The van der Waals surface area contributed by atoms with E-state index in [0.29, 0.717) is 39.6 Å². The van der Waals surface area contributed by atoms with E-state index in [1.54, 1.807) is 24.3 Å². The van der Waals surface area contributed by atoms with Crippen LogP contribution in [0.2, 0.25) is 0 Å². The minimum atomic E-state index is -0.776. The molecule has 0 saturated heterocycles. The molecule has 1 atom stereocenters. The highest BCUT2D eigenvalue weighted by molar-refractivity contribution is 7.07. The van der Waals surface area contributed by atoms with Crippen molar-refractivity contribution >= 4 is 23.4 Å². The molecular weight excluding hydrogens is 545 g/mol. The van der Waals surface area contributed by atoms with E-state index in [9.17, 15) is 14.0 Å². The van der Waals surface area contributed by atoms with Crippen LogP contribution < -0.4 is 24.4 Å². The maximum Gasteiger partial charge on any atom is 0.337 e. The summed E-state index contributed by atoms with van der Waals surface area (Å²) >= 11 is 1.24. The van der Waals surface area contributed by atoms with Gasteiger partial charge in [0, 0.05) is 23.3 Å². The summed E-state index contributed by atoms with van der Waals surface area (Å²) in [7, 11) is 1.30. The van der Waals surface area contributed by atoms with E-state index in [1.807, 2.05) is 50.5 Å². The third-order valence-corrected chi connectivity index (χ3v) is 7.85. The van der Waals surface area contributed by atoms with Crippen molar-refractivity contribution in [2.24, 2.45) is 4.99 Å². The van der Waals surface area contributed by atoms with Crippen LogP contribution in [0, 0.1) is 19.7 Å². The second kappa shape index (κ2) is 11.6. The number of fused-ring (bicyclic) bond motifs is 1. The number of hydrogen-bond acceptors (Lipinski definition) is 7. The fourth-order valence-corrected chi connectivity index (χ4v) is 6.01. The van der Waals surface area contributed by atoms with Gasteiger partial charge in [-0.05, 0) is 87.4 Å². The number of benzene rings is 2. The Bertz CT molecular complexity index is 1830. The second-order valence-corrected chi connectivity index (χ2v) is 10.4. The van der Waals surface area contributed by atoms with Gasteiger partial charge in [-0.2, -0.15) is 0 Å². The monoisotopic (exact) mass is 575 g/mol. The molecule has 0 spiro atoms. The van der Waals surface area contributed by atoms with Gasteiger partial charge in [0.05, 0.1) is 36.5 Å². The average molecular weight is 576 g/mol. The van der Waals surface area contributed by atoms with Crippen LogP contribution in [0.4, 0.5) is 4.39 Å². The Morgan fingerprint density at radius 2 is 1.76 bits per heavy atom. The number of aryl methyl sites for hydroxylation is 1. The number of carbonyl (C=O) groups is 1. The fourth-order valence-electron chi connectivity index (χ4n) is 5.05. The van der Waals surface area contributed by atoms with E-state index >= 15 is 0 Å². The highest BCUT2D eigenvalue weighted by Gasteiger charge is 2.31. The molecule has 5 rings (SSSR count). The normalized spacial score (nSPS) is 14.7. The van der Waals surface area contributed by atoms with Crippen LogP contribution in [0.1, 0.15) is 42.4 Å². The van der Waals surface area contributed by atoms with Crippen LogP contribution in [-0.4, -0.2) is 35.4 Å². The molecule has 41 heavy (non-hydrogen) atoms. The summed E-state index contributed by atoms with van der Waals surface area (Å²) in [5.41, 5.74) is 4.12. The Morgan fingerprint density at radius 1 is 1.05 bits per heavy atom. The quantitative estimate of drug-likeness (QED) is 0.292. The van der Waals surface area contributed by atoms with Crippen LogP contribution in [-0.2, 0) is 9.53 Å². The highest BCUT2D eigenvalue weighted by Crippen LogP contribution is 2.35. The van der Waals surface area contributed by atoms with Gasteiger partial charge < -0.3 is 18.8 Å². The third kappa shape index (κ3) is 5.22. The van der Waals surface area contributed by atoms with Gasteiger partial charge in [-0.3, -0.25) is 9.36 Å². The topological polar surface area (TPSA) is 84.0 Å². The van der Waals surface area contributed by atoms with Gasteiger partial charge >= 0.3 is 5.97 Å². The molecule has 2 aromatic carbocycles. The van der Waals surface area contributed by atoms with Crippen LogP contribution in [0.15, 0.2) is 70.1 Å². The van der Waals surface area contributed by atoms with E-state index in [1.165, 1.54) is 41.3 Å². The molecule has 0 unspecified atom stereocenters. The molecule has 0 aliphatic carbocycles. The molecule has 0 fully saturated rings. The first-order valence-corrected chi connectivity index (χ1v) is 14.0.